The van der Waals surface area contributed by atoms with E-state index < -0.39 is 0 Å². The van der Waals surface area contributed by atoms with Gasteiger partial charge in [0.1, 0.15) is 11.4 Å². The van der Waals surface area contributed by atoms with Gasteiger partial charge in [-0.05, 0) is 37.6 Å². The summed E-state index contributed by atoms with van der Waals surface area (Å²) in [6.45, 7) is 4.63. The summed E-state index contributed by atoms with van der Waals surface area (Å²) in [5.74, 6) is 0.812. The summed E-state index contributed by atoms with van der Waals surface area (Å²) in [6, 6.07) is 15.6. The van der Waals surface area contributed by atoms with Crippen LogP contribution in [0.3, 0.4) is 0 Å². The second kappa shape index (κ2) is 6.84. The van der Waals surface area contributed by atoms with Crippen LogP contribution < -0.4 is 4.74 Å². The van der Waals surface area contributed by atoms with Crippen molar-refractivity contribution in [2.45, 2.75) is 19.9 Å². The van der Waals surface area contributed by atoms with Gasteiger partial charge in [0.15, 0.2) is 0 Å². The number of hydrogen-bond donors (Lipinski definition) is 0. The van der Waals surface area contributed by atoms with Crippen LogP contribution in [0, 0.1) is 0 Å². The van der Waals surface area contributed by atoms with Gasteiger partial charge in [0, 0.05) is 10.6 Å². The maximum Gasteiger partial charge on any atom is 0.128 e. The van der Waals surface area contributed by atoms with Crippen molar-refractivity contribution >= 4 is 11.6 Å². The van der Waals surface area contributed by atoms with E-state index in [4.69, 9.17) is 16.3 Å². The molecule has 0 saturated carbocycles. The first-order valence-electron chi connectivity index (χ1n) is 7.59. The average Bonchev–Trinajstić information content (AvgIpc) is 3.05. The molecule has 0 amide bonds. The summed E-state index contributed by atoms with van der Waals surface area (Å²) in [6.07, 6.45) is 1.92. The Balaban J connectivity index is 1.94. The van der Waals surface area contributed by atoms with E-state index in [0.29, 0.717) is 6.61 Å². The lowest BCUT2D eigenvalue weighted by molar-refractivity contribution is 0.341. The molecule has 3 aromatic rings. The Morgan fingerprint density at radius 3 is 2.65 bits per heavy atom. The minimum atomic E-state index is 0.00389. The summed E-state index contributed by atoms with van der Waals surface area (Å²) in [7, 11) is 0. The third-order valence-corrected chi connectivity index (χ3v) is 4.07. The number of aromatic nitrogens is 3. The highest BCUT2D eigenvalue weighted by atomic mass is 35.5. The molecular formula is C18H18ClN3O. The second-order valence-electron chi connectivity index (χ2n) is 5.21. The molecule has 0 aliphatic carbocycles. The molecule has 0 aliphatic rings. The summed E-state index contributed by atoms with van der Waals surface area (Å²) in [4.78, 5) is 0. The van der Waals surface area contributed by atoms with Crippen molar-refractivity contribution in [1.82, 2.24) is 15.0 Å². The fourth-order valence-electron chi connectivity index (χ4n) is 2.51. The van der Waals surface area contributed by atoms with Crippen LogP contribution in [0.5, 0.6) is 5.75 Å². The lowest BCUT2D eigenvalue weighted by Crippen LogP contribution is -2.07. The van der Waals surface area contributed by atoms with Gasteiger partial charge >= 0.3 is 0 Å². The van der Waals surface area contributed by atoms with Gasteiger partial charge in [0.05, 0.1) is 18.8 Å². The molecule has 0 radical (unpaired) electrons. The number of rotatable bonds is 5. The van der Waals surface area contributed by atoms with E-state index >= 15 is 0 Å². The van der Waals surface area contributed by atoms with Crippen molar-refractivity contribution in [3.8, 4) is 17.0 Å². The first kappa shape index (κ1) is 15.6. The molecule has 0 aliphatic heterocycles. The SMILES string of the molecule is CCOc1ccccc1-c1cn([C@@H](C)c2ccccc2Cl)nn1. The van der Waals surface area contributed by atoms with Gasteiger partial charge in [-0.1, -0.05) is 47.1 Å². The third kappa shape index (κ3) is 3.22. The molecule has 5 heteroatoms. The minimum Gasteiger partial charge on any atom is -0.493 e. The molecule has 0 saturated heterocycles. The third-order valence-electron chi connectivity index (χ3n) is 3.73. The molecular weight excluding hydrogens is 310 g/mol. The van der Waals surface area contributed by atoms with Crippen molar-refractivity contribution in [3.05, 3.63) is 65.3 Å². The highest BCUT2D eigenvalue weighted by Crippen LogP contribution is 2.30. The molecule has 2 aromatic carbocycles. The second-order valence-corrected chi connectivity index (χ2v) is 5.62. The topological polar surface area (TPSA) is 39.9 Å². The molecule has 0 spiro atoms. The van der Waals surface area contributed by atoms with Crippen LogP contribution in [-0.4, -0.2) is 21.6 Å². The van der Waals surface area contributed by atoms with Gasteiger partial charge in [-0.15, -0.1) is 5.10 Å². The highest BCUT2D eigenvalue weighted by Gasteiger charge is 2.15. The van der Waals surface area contributed by atoms with Crippen LogP contribution in [-0.2, 0) is 0 Å². The zero-order valence-corrected chi connectivity index (χ0v) is 13.9. The van der Waals surface area contributed by atoms with Crippen LogP contribution in [0.15, 0.2) is 54.7 Å². The molecule has 4 nitrogen and oxygen atoms in total. The molecule has 0 unspecified atom stereocenters. The van der Waals surface area contributed by atoms with Crippen molar-refractivity contribution in [1.29, 1.82) is 0 Å². The normalized spacial score (nSPS) is 12.1. The minimum absolute atomic E-state index is 0.00389. The Kier molecular flexibility index (Phi) is 4.63. The highest BCUT2D eigenvalue weighted by molar-refractivity contribution is 6.31. The van der Waals surface area contributed by atoms with Gasteiger partial charge < -0.3 is 4.74 Å². The number of ether oxygens (including phenoxy) is 1. The van der Waals surface area contributed by atoms with E-state index in [2.05, 4.69) is 10.3 Å². The molecule has 23 heavy (non-hydrogen) atoms. The average molecular weight is 328 g/mol. The predicted molar refractivity (Wildman–Crippen MR) is 91.9 cm³/mol. The molecule has 0 bridgehead atoms. The molecule has 1 heterocycles. The first-order valence-corrected chi connectivity index (χ1v) is 7.97. The molecule has 1 aromatic heterocycles. The Labute approximate surface area is 140 Å². The van der Waals surface area contributed by atoms with Gasteiger partial charge in [-0.25, -0.2) is 4.68 Å². The van der Waals surface area contributed by atoms with Crippen LogP contribution in [0.2, 0.25) is 5.02 Å². The van der Waals surface area contributed by atoms with Crippen LogP contribution in [0.4, 0.5) is 0 Å². The largest absolute Gasteiger partial charge is 0.493 e. The van der Waals surface area contributed by atoms with E-state index in [1.807, 2.05) is 73.3 Å². The maximum absolute atomic E-state index is 6.28. The number of halogens is 1. The summed E-state index contributed by atoms with van der Waals surface area (Å²) < 4.78 is 7.49. The van der Waals surface area contributed by atoms with E-state index in [9.17, 15) is 0 Å². The molecule has 0 fully saturated rings. The van der Waals surface area contributed by atoms with Crippen molar-refractivity contribution in [2.24, 2.45) is 0 Å². The Bertz CT molecular complexity index is 800. The fraction of sp³-hybridized carbons (Fsp3) is 0.222. The summed E-state index contributed by atoms with van der Waals surface area (Å²) >= 11 is 6.28. The lowest BCUT2D eigenvalue weighted by atomic mass is 10.1. The lowest BCUT2D eigenvalue weighted by Gasteiger charge is -2.13. The fourth-order valence-corrected chi connectivity index (χ4v) is 2.80. The quantitative estimate of drug-likeness (QED) is 0.687. The zero-order chi connectivity index (χ0) is 16.2. The Morgan fingerprint density at radius 2 is 1.87 bits per heavy atom. The summed E-state index contributed by atoms with van der Waals surface area (Å²) in [5, 5.41) is 9.29. The Morgan fingerprint density at radius 1 is 1.13 bits per heavy atom. The van der Waals surface area contributed by atoms with E-state index in [-0.39, 0.29) is 6.04 Å². The van der Waals surface area contributed by atoms with Gasteiger partial charge in [0.2, 0.25) is 0 Å². The van der Waals surface area contributed by atoms with Crippen molar-refractivity contribution in [3.63, 3.8) is 0 Å². The predicted octanol–water partition coefficient (Wildman–Crippen LogP) is 4.61. The van der Waals surface area contributed by atoms with Crippen molar-refractivity contribution in [2.75, 3.05) is 6.61 Å². The maximum atomic E-state index is 6.28. The van der Waals surface area contributed by atoms with Gasteiger partial charge in [0.25, 0.3) is 0 Å². The van der Waals surface area contributed by atoms with E-state index in [1.54, 1.807) is 0 Å². The Hall–Kier alpha value is -2.33. The molecule has 1 atom stereocenters. The smallest absolute Gasteiger partial charge is 0.128 e. The van der Waals surface area contributed by atoms with Crippen LogP contribution >= 0.6 is 11.6 Å². The standard InChI is InChI=1S/C18H18ClN3O/c1-3-23-18-11-7-5-9-15(18)17-12-22(21-20-17)13(2)14-8-4-6-10-16(14)19/h4-13H,3H2,1-2H3/t13-/m0/s1. The van der Waals surface area contributed by atoms with Gasteiger partial charge in [-0.3, -0.25) is 0 Å². The van der Waals surface area contributed by atoms with Crippen molar-refractivity contribution < 1.29 is 4.74 Å². The van der Waals surface area contributed by atoms with Crippen LogP contribution in [0.25, 0.3) is 11.3 Å². The van der Waals surface area contributed by atoms with Crippen LogP contribution in [0.1, 0.15) is 25.5 Å². The molecule has 118 valence electrons. The first-order chi connectivity index (χ1) is 11.2. The number of nitrogens with zero attached hydrogens (tertiary/aromatic N) is 3. The molecule has 3 rings (SSSR count). The summed E-state index contributed by atoms with van der Waals surface area (Å²) in [5.41, 5.74) is 2.74. The number of para-hydroxylation sites is 1. The number of benzene rings is 2. The molecule has 0 N–H and O–H groups in total. The van der Waals surface area contributed by atoms with Gasteiger partial charge in [-0.2, -0.15) is 0 Å². The zero-order valence-electron chi connectivity index (χ0n) is 13.1. The number of hydrogen-bond acceptors (Lipinski definition) is 3. The monoisotopic (exact) mass is 327 g/mol. The van der Waals surface area contributed by atoms with E-state index in [1.165, 1.54) is 0 Å². The van der Waals surface area contributed by atoms with E-state index in [0.717, 1.165) is 27.6 Å².